The average Bonchev–Trinajstić information content (AvgIpc) is 2.97. The molecule has 0 unspecified atom stereocenters. The van der Waals surface area contributed by atoms with Crippen LogP contribution in [0, 0.1) is 10.1 Å². The average molecular weight is 285 g/mol. The fraction of sp³-hybridized carbons (Fsp3) is 0.167. The van der Waals surface area contributed by atoms with E-state index < -0.39 is 4.92 Å². The molecule has 0 fully saturated rings. The van der Waals surface area contributed by atoms with Gasteiger partial charge in [-0.05, 0) is 22.4 Å². The second-order valence-electron chi connectivity index (χ2n) is 4.34. The third-order valence-corrected chi connectivity index (χ3v) is 2.98. The van der Waals surface area contributed by atoms with Crippen molar-refractivity contribution in [2.24, 2.45) is 0 Å². The zero-order chi connectivity index (χ0) is 14.7. The first-order chi connectivity index (χ1) is 10.2. The van der Waals surface area contributed by atoms with Crippen LogP contribution in [-0.2, 0) is 6.42 Å². The van der Waals surface area contributed by atoms with E-state index in [-0.39, 0.29) is 5.69 Å². The first-order valence-corrected chi connectivity index (χ1v) is 6.23. The summed E-state index contributed by atoms with van der Waals surface area (Å²) in [6, 6.07) is 6.49. The lowest BCUT2D eigenvalue weighted by atomic mass is 10.1. The van der Waals surface area contributed by atoms with Crippen LogP contribution in [0.5, 0.6) is 0 Å². The van der Waals surface area contributed by atoms with Crippen LogP contribution < -0.4 is 5.32 Å². The van der Waals surface area contributed by atoms with Crippen LogP contribution in [0.4, 0.5) is 11.5 Å². The molecular weight excluding hydrogens is 274 g/mol. The molecule has 3 aromatic rings. The predicted molar refractivity (Wildman–Crippen MR) is 73.9 cm³/mol. The molecule has 2 aromatic heterocycles. The number of nitrogens with zero attached hydrogens (tertiary/aromatic N) is 6. The molecule has 0 atom stereocenters. The van der Waals surface area contributed by atoms with Gasteiger partial charge in [0.05, 0.1) is 17.3 Å². The third-order valence-electron chi connectivity index (χ3n) is 2.98. The maximum atomic E-state index is 10.6. The molecule has 0 amide bonds. The van der Waals surface area contributed by atoms with Crippen molar-refractivity contribution in [1.82, 2.24) is 25.0 Å². The second kappa shape index (κ2) is 5.49. The quantitative estimate of drug-likeness (QED) is 0.551. The van der Waals surface area contributed by atoms with Crippen molar-refractivity contribution >= 4 is 17.2 Å². The Hall–Kier alpha value is -3.10. The summed E-state index contributed by atoms with van der Waals surface area (Å²) in [7, 11) is 0. The summed E-state index contributed by atoms with van der Waals surface area (Å²) >= 11 is 0. The zero-order valence-electron chi connectivity index (χ0n) is 10.9. The van der Waals surface area contributed by atoms with E-state index in [2.05, 4.69) is 25.8 Å². The number of anilines is 1. The number of nitro groups is 1. The van der Waals surface area contributed by atoms with Gasteiger partial charge in [0, 0.05) is 18.7 Å². The Kier molecular flexibility index (Phi) is 3.37. The monoisotopic (exact) mass is 285 g/mol. The number of rotatable bonds is 5. The lowest BCUT2D eigenvalue weighted by Gasteiger charge is -2.06. The Balaban J connectivity index is 1.63. The van der Waals surface area contributed by atoms with Gasteiger partial charge in [0.15, 0.2) is 5.65 Å². The van der Waals surface area contributed by atoms with Crippen molar-refractivity contribution in [2.75, 3.05) is 11.9 Å². The summed E-state index contributed by atoms with van der Waals surface area (Å²) < 4.78 is 1.56. The molecule has 0 aliphatic rings. The van der Waals surface area contributed by atoms with Gasteiger partial charge in [-0.2, -0.15) is 4.52 Å². The van der Waals surface area contributed by atoms with Gasteiger partial charge in [-0.1, -0.05) is 12.1 Å². The van der Waals surface area contributed by atoms with Crippen molar-refractivity contribution in [1.29, 1.82) is 0 Å². The zero-order valence-corrected chi connectivity index (χ0v) is 10.9. The summed E-state index contributed by atoms with van der Waals surface area (Å²) in [6.45, 7) is 0.637. The molecule has 106 valence electrons. The molecule has 9 heteroatoms. The van der Waals surface area contributed by atoms with Gasteiger partial charge >= 0.3 is 0 Å². The molecule has 0 bridgehead atoms. The van der Waals surface area contributed by atoms with Crippen molar-refractivity contribution in [3.8, 4) is 0 Å². The molecule has 2 heterocycles. The highest BCUT2D eigenvalue weighted by Crippen LogP contribution is 2.12. The molecule has 0 radical (unpaired) electrons. The van der Waals surface area contributed by atoms with Crippen molar-refractivity contribution in [3.05, 3.63) is 52.3 Å². The van der Waals surface area contributed by atoms with Crippen LogP contribution >= 0.6 is 0 Å². The standard InChI is InChI=1S/C12H11N7O2/c20-19(21)10-3-1-9(2-4-10)5-6-14-11-7-13-8-12-15-16-17-18(11)12/h1-4,7-8,14H,5-6H2. The van der Waals surface area contributed by atoms with Gasteiger partial charge in [0.1, 0.15) is 5.82 Å². The molecule has 21 heavy (non-hydrogen) atoms. The van der Waals surface area contributed by atoms with Gasteiger partial charge in [-0.3, -0.25) is 15.1 Å². The molecule has 0 spiro atoms. The van der Waals surface area contributed by atoms with Gasteiger partial charge in [-0.15, -0.1) is 5.10 Å². The van der Waals surface area contributed by atoms with Crippen LogP contribution in [0.15, 0.2) is 36.7 Å². The van der Waals surface area contributed by atoms with E-state index in [1.54, 1.807) is 29.0 Å². The number of non-ortho nitro benzene ring substituents is 1. The van der Waals surface area contributed by atoms with Crippen molar-refractivity contribution < 1.29 is 4.92 Å². The van der Waals surface area contributed by atoms with E-state index in [4.69, 9.17) is 0 Å². The highest BCUT2D eigenvalue weighted by atomic mass is 16.6. The van der Waals surface area contributed by atoms with Crippen LogP contribution in [-0.4, -0.2) is 36.5 Å². The van der Waals surface area contributed by atoms with Gasteiger partial charge in [0.2, 0.25) is 0 Å². The van der Waals surface area contributed by atoms with E-state index in [9.17, 15) is 10.1 Å². The fourth-order valence-electron chi connectivity index (χ4n) is 1.92. The minimum Gasteiger partial charge on any atom is -0.368 e. The van der Waals surface area contributed by atoms with Crippen LogP contribution in [0.25, 0.3) is 5.65 Å². The largest absolute Gasteiger partial charge is 0.368 e. The maximum absolute atomic E-state index is 10.6. The molecule has 0 saturated heterocycles. The molecular formula is C12H11N7O2. The molecule has 9 nitrogen and oxygen atoms in total. The number of fused-ring (bicyclic) bond motifs is 1. The number of tetrazole rings is 1. The van der Waals surface area contributed by atoms with Gasteiger partial charge in [0.25, 0.3) is 5.69 Å². The Bertz CT molecular complexity index is 769. The molecule has 3 rings (SSSR count). The normalized spacial score (nSPS) is 10.7. The first kappa shape index (κ1) is 12.9. The van der Waals surface area contributed by atoms with Gasteiger partial charge in [-0.25, -0.2) is 0 Å². The van der Waals surface area contributed by atoms with E-state index in [1.807, 2.05) is 0 Å². The number of nitro benzene ring substituents is 1. The summed E-state index contributed by atoms with van der Waals surface area (Å²) in [5.74, 6) is 0.694. The Morgan fingerprint density at radius 1 is 1.24 bits per heavy atom. The van der Waals surface area contributed by atoms with Crippen LogP contribution in [0.1, 0.15) is 5.56 Å². The summed E-state index contributed by atoms with van der Waals surface area (Å²) in [4.78, 5) is 14.2. The lowest BCUT2D eigenvalue weighted by molar-refractivity contribution is -0.384. The number of nitrogens with one attached hydrogen (secondary N) is 1. The SMILES string of the molecule is O=[N+]([O-])c1ccc(CCNc2cncc3nnnn23)cc1. The molecule has 1 N–H and O–H groups in total. The highest BCUT2D eigenvalue weighted by molar-refractivity contribution is 5.43. The van der Waals surface area contributed by atoms with E-state index in [0.29, 0.717) is 18.0 Å². The summed E-state index contributed by atoms with van der Waals surface area (Å²) in [6.07, 6.45) is 3.93. The highest BCUT2D eigenvalue weighted by Gasteiger charge is 2.05. The third kappa shape index (κ3) is 2.76. The molecule has 1 aromatic carbocycles. The maximum Gasteiger partial charge on any atom is 0.269 e. The minimum atomic E-state index is -0.411. The molecule has 0 aliphatic carbocycles. The number of aromatic nitrogens is 5. The smallest absolute Gasteiger partial charge is 0.269 e. The fourth-order valence-corrected chi connectivity index (χ4v) is 1.92. The van der Waals surface area contributed by atoms with Crippen LogP contribution in [0.2, 0.25) is 0 Å². The van der Waals surface area contributed by atoms with E-state index in [0.717, 1.165) is 12.0 Å². The second-order valence-corrected chi connectivity index (χ2v) is 4.34. The van der Waals surface area contributed by atoms with E-state index in [1.165, 1.54) is 12.1 Å². The van der Waals surface area contributed by atoms with Gasteiger partial charge < -0.3 is 5.32 Å². The number of benzene rings is 1. The van der Waals surface area contributed by atoms with Crippen LogP contribution in [0.3, 0.4) is 0 Å². The summed E-state index contributed by atoms with van der Waals surface area (Å²) in [5.41, 5.74) is 1.66. The Morgan fingerprint density at radius 2 is 2.05 bits per heavy atom. The summed E-state index contributed by atoms with van der Waals surface area (Å²) in [5, 5.41) is 25.0. The first-order valence-electron chi connectivity index (χ1n) is 6.23. The molecule has 0 saturated carbocycles. The lowest BCUT2D eigenvalue weighted by Crippen LogP contribution is -2.09. The molecule has 0 aliphatic heterocycles. The Morgan fingerprint density at radius 3 is 2.81 bits per heavy atom. The number of hydrogen-bond donors (Lipinski definition) is 1. The van der Waals surface area contributed by atoms with Crippen molar-refractivity contribution in [3.63, 3.8) is 0 Å². The Labute approximate surface area is 118 Å². The number of hydrogen-bond acceptors (Lipinski definition) is 7. The minimum absolute atomic E-state index is 0.0920. The topological polar surface area (TPSA) is 111 Å². The van der Waals surface area contributed by atoms with E-state index >= 15 is 0 Å². The van der Waals surface area contributed by atoms with Crippen molar-refractivity contribution in [2.45, 2.75) is 6.42 Å². The predicted octanol–water partition coefficient (Wildman–Crippen LogP) is 1.08.